The van der Waals surface area contributed by atoms with E-state index in [0.29, 0.717) is 24.2 Å². The minimum Gasteiger partial charge on any atom is -0.351 e. The number of rotatable bonds is 9. The predicted molar refractivity (Wildman–Crippen MR) is 114 cm³/mol. The molecule has 0 radical (unpaired) electrons. The quantitative estimate of drug-likeness (QED) is 0.696. The molecule has 2 amide bonds. The lowest BCUT2D eigenvalue weighted by Gasteiger charge is -2.12. The molecular weight excluding hydrogens is 352 g/mol. The molecule has 0 heterocycles. The van der Waals surface area contributed by atoms with Crippen LogP contribution in [0.1, 0.15) is 20.7 Å². The zero-order valence-corrected chi connectivity index (χ0v) is 17.2. The molecule has 6 nitrogen and oxygen atoms in total. The van der Waals surface area contributed by atoms with Crippen molar-refractivity contribution in [3.63, 3.8) is 0 Å². The summed E-state index contributed by atoms with van der Waals surface area (Å²) in [5.74, 6) is -0.192. The summed E-state index contributed by atoms with van der Waals surface area (Å²) in [6.07, 6.45) is 0. The van der Waals surface area contributed by atoms with E-state index in [1.807, 2.05) is 74.4 Å². The van der Waals surface area contributed by atoms with E-state index in [0.717, 1.165) is 24.2 Å². The smallest absolute Gasteiger partial charge is 0.251 e. The highest BCUT2D eigenvalue weighted by atomic mass is 16.2. The molecule has 0 aliphatic rings. The maximum atomic E-state index is 12.4. The van der Waals surface area contributed by atoms with Crippen LogP contribution in [0.3, 0.4) is 0 Å². The van der Waals surface area contributed by atoms with Crippen molar-refractivity contribution in [2.75, 3.05) is 54.4 Å². The van der Waals surface area contributed by atoms with E-state index >= 15 is 0 Å². The van der Waals surface area contributed by atoms with Crippen molar-refractivity contribution in [2.45, 2.75) is 0 Å². The number of amides is 2. The molecule has 2 N–H and O–H groups in total. The van der Waals surface area contributed by atoms with Gasteiger partial charge < -0.3 is 20.4 Å². The van der Waals surface area contributed by atoms with Crippen LogP contribution in [0.5, 0.6) is 0 Å². The van der Waals surface area contributed by atoms with Gasteiger partial charge in [0.2, 0.25) is 0 Å². The fourth-order valence-electron chi connectivity index (χ4n) is 2.67. The van der Waals surface area contributed by atoms with Crippen LogP contribution in [-0.4, -0.2) is 76.0 Å². The average molecular weight is 383 g/mol. The monoisotopic (exact) mass is 382 g/mol. The Bertz CT molecular complexity index is 735. The lowest BCUT2D eigenvalue weighted by atomic mass is 10.0. The molecule has 150 valence electrons. The molecule has 28 heavy (non-hydrogen) atoms. The molecular formula is C22H30N4O2. The van der Waals surface area contributed by atoms with E-state index in [-0.39, 0.29) is 11.8 Å². The van der Waals surface area contributed by atoms with Crippen molar-refractivity contribution in [3.05, 3.63) is 59.7 Å². The van der Waals surface area contributed by atoms with Gasteiger partial charge in [0.05, 0.1) is 0 Å². The lowest BCUT2D eigenvalue weighted by molar-refractivity contribution is 0.0942. The molecule has 0 unspecified atom stereocenters. The van der Waals surface area contributed by atoms with Gasteiger partial charge >= 0.3 is 0 Å². The summed E-state index contributed by atoms with van der Waals surface area (Å²) >= 11 is 0. The van der Waals surface area contributed by atoms with E-state index in [2.05, 4.69) is 10.6 Å². The molecule has 0 fully saturated rings. The highest BCUT2D eigenvalue weighted by molar-refractivity contribution is 5.97. The molecule has 0 aromatic heterocycles. The summed E-state index contributed by atoms with van der Waals surface area (Å²) < 4.78 is 0. The average Bonchev–Trinajstić information content (AvgIpc) is 2.67. The van der Waals surface area contributed by atoms with Crippen LogP contribution in [0.25, 0.3) is 11.1 Å². The van der Waals surface area contributed by atoms with E-state index in [1.54, 1.807) is 12.1 Å². The van der Waals surface area contributed by atoms with Gasteiger partial charge in [0.1, 0.15) is 0 Å². The van der Waals surface area contributed by atoms with Crippen LogP contribution in [-0.2, 0) is 0 Å². The van der Waals surface area contributed by atoms with Gasteiger partial charge in [0.25, 0.3) is 11.8 Å². The highest BCUT2D eigenvalue weighted by Crippen LogP contribution is 2.21. The van der Waals surface area contributed by atoms with Crippen molar-refractivity contribution in [3.8, 4) is 11.1 Å². The molecule has 0 aliphatic carbocycles. The molecule has 2 aromatic carbocycles. The zero-order valence-electron chi connectivity index (χ0n) is 17.2. The highest BCUT2D eigenvalue weighted by Gasteiger charge is 2.10. The first-order chi connectivity index (χ1) is 13.4. The van der Waals surface area contributed by atoms with Gasteiger partial charge in [0.15, 0.2) is 0 Å². The summed E-state index contributed by atoms with van der Waals surface area (Å²) in [4.78, 5) is 28.8. The van der Waals surface area contributed by atoms with Crippen LogP contribution in [0.2, 0.25) is 0 Å². The normalized spacial score (nSPS) is 10.9. The standard InChI is InChI=1S/C22H30N4O2/c1-25(2)13-11-23-21(27)19-9-5-7-17(15-19)18-8-6-10-20(16-18)22(28)24-12-14-26(3)4/h5-10,15-16H,11-14H2,1-4H3,(H,23,27)(H,24,28). The fraction of sp³-hybridized carbons (Fsp3) is 0.364. The van der Waals surface area contributed by atoms with Gasteiger partial charge in [-0.25, -0.2) is 0 Å². The Morgan fingerprint density at radius 2 is 1.11 bits per heavy atom. The largest absolute Gasteiger partial charge is 0.351 e. The van der Waals surface area contributed by atoms with E-state index in [4.69, 9.17) is 0 Å². The number of benzene rings is 2. The van der Waals surface area contributed by atoms with Crippen LogP contribution in [0.15, 0.2) is 48.5 Å². The van der Waals surface area contributed by atoms with Crippen molar-refractivity contribution in [2.24, 2.45) is 0 Å². The molecule has 0 aliphatic heterocycles. The third-order valence-corrected chi connectivity index (χ3v) is 4.27. The number of likely N-dealkylation sites (N-methyl/N-ethyl adjacent to an activating group) is 2. The first kappa shape index (κ1) is 21.6. The molecule has 0 atom stereocenters. The summed E-state index contributed by atoms with van der Waals surface area (Å²) in [6.45, 7) is 2.77. The zero-order chi connectivity index (χ0) is 20.5. The number of nitrogens with one attached hydrogen (secondary N) is 2. The van der Waals surface area contributed by atoms with Gasteiger partial charge in [-0.2, -0.15) is 0 Å². The molecule has 0 spiro atoms. The van der Waals surface area contributed by atoms with Crippen molar-refractivity contribution in [1.82, 2.24) is 20.4 Å². The Kier molecular flexibility index (Phi) is 8.17. The predicted octanol–water partition coefficient (Wildman–Crippen LogP) is 1.94. The van der Waals surface area contributed by atoms with Gasteiger partial charge in [-0.3, -0.25) is 9.59 Å². The first-order valence-electron chi connectivity index (χ1n) is 9.43. The maximum Gasteiger partial charge on any atom is 0.251 e. The second-order valence-electron chi connectivity index (χ2n) is 7.28. The molecule has 0 saturated heterocycles. The third kappa shape index (κ3) is 6.79. The third-order valence-electron chi connectivity index (χ3n) is 4.27. The van der Waals surface area contributed by atoms with Crippen LogP contribution >= 0.6 is 0 Å². The molecule has 2 aromatic rings. The van der Waals surface area contributed by atoms with Crippen LogP contribution in [0.4, 0.5) is 0 Å². The molecule has 0 saturated carbocycles. The van der Waals surface area contributed by atoms with Gasteiger partial charge in [0, 0.05) is 37.3 Å². The Morgan fingerprint density at radius 1 is 0.714 bits per heavy atom. The number of nitrogens with zero attached hydrogens (tertiary/aromatic N) is 2. The SMILES string of the molecule is CN(C)CCNC(=O)c1cccc(-c2cccc(C(=O)NCCN(C)C)c2)c1. The maximum absolute atomic E-state index is 12.4. The summed E-state index contributed by atoms with van der Waals surface area (Å²) in [5.41, 5.74) is 3.03. The number of hydrogen-bond acceptors (Lipinski definition) is 4. The Balaban J connectivity index is 2.09. The minimum absolute atomic E-state index is 0.0960. The van der Waals surface area contributed by atoms with Crippen molar-refractivity contribution >= 4 is 11.8 Å². The summed E-state index contributed by atoms with van der Waals surface area (Å²) in [5, 5.41) is 5.84. The number of carbonyl (C=O) groups excluding carboxylic acids is 2. The second-order valence-corrected chi connectivity index (χ2v) is 7.28. The minimum atomic E-state index is -0.0960. The van der Waals surface area contributed by atoms with Crippen molar-refractivity contribution in [1.29, 1.82) is 0 Å². The van der Waals surface area contributed by atoms with Crippen LogP contribution in [0, 0.1) is 0 Å². The number of hydrogen-bond donors (Lipinski definition) is 2. The van der Waals surface area contributed by atoms with Gasteiger partial charge in [-0.05, 0) is 63.6 Å². The van der Waals surface area contributed by atoms with Gasteiger partial charge in [-0.1, -0.05) is 24.3 Å². The molecule has 0 bridgehead atoms. The summed E-state index contributed by atoms with van der Waals surface area (Å²) in [6, 6.07) is 14.9. The molecule has 2 rings (SSSR count). The lowest BCUT2D eigenvalue weighted by Crippen LogP contribution is -2.31. The van der Waals surface area contributed by atoms with Crippen LogP contribution < -0.4 is 10.6 Å². The number of carbonyl (C=O) groups is 2. The molecule has 6 heteroatoms. The van der Waals surface area contributed by atoms with E-state index < -0.39 is 0 Å². The fourth-order valence-corrected chi connectivity index (χ4v) is 2.67. The topological polar surface area (TPSA) is 64.7 Å². The Morgan fingerprint density at radius 3 is 1.46 bits per heavy atom. The summed E-state index contributed by atoms with van der Waals surface area (Å²) in [7, 11) is 7.87. The second kappa shape index (κ2) is 10.6. The van der Waals surface area contributed by atoms with E-state index in [9.17, 15) is 9.59 Å². The van der Waals surface area contributed by atoms with E-state index in [1.165, 1.54) is 0 Å². The Labute approximate surface area is 167 Å². The first-order valence-corrected chi connectivity index (χ1v) is 9.43. The van der Waals surface area contributed by atoms with Gasteiger partial charge in [-0.15, -0.1) is 0 Å². The van der Waals surface area contributed by atoms with Crippen molar-refractivity contribution < 1.29 is 9.59 Å². The Hall–Kier alpha value is -2.70.